The lowest BCUT2D eigenvalue weighted by atomic mass is 10.0. The van der Waals surface area contributed by atoms with Gasteiger partial charge in [0.2, 0.25) is 5.91 Å². The predicted octanol–water partition coefficient (Wildman–Crippen LogP) is 3.81. The molecule has 2 amide bonds. The Bertz CT molecular complexity index is 760. The lowest BCUT2D eigenvalue weighted by Gasteiger charge is -2.22. The average molecular weight is 372 g/mol. The van der Waals surface area contributed by atoms with E-state index < -0.39 is 6.04 Å². The lowest BCUT2D eigenvalue weighted by molar-refractivity contribution is -0.118. The molecule has 2 rings (SSSR count). The van der Waals surface area contributed by atoms with Gasteiger partial charge in [0.1, 0.15) is 11.8 Å². The Hall–Kier alpha value is -2.47. The molecule has 5 nitrogen and oxygen atoms in total. The zero-order chi connectivity index (χ0) is 19.1. The van der Waals surface area contributed by atoms with E-state index >= 15 is 0 Å². The molecule has 0 fully saturated rings. The van der Waals surface area contributed by atoms with Crippen LogP contribution in [-0.4, -0.2) is 31.2 Å². The predicted molar refractivity (Wildman–Crippen MR) is 106 cm³/mol. The minimum atomic E-state index is -0.637. The number of carbonyl (C=O) groups is 2. The van der Waals surface area contributed by atoms with Crippen LogP contribution in [-0.2, 0) is 4.79 Å². The molecule has 0 spiro atoms. The monoisotopic (exact) mass is 372 g/mol. The van der Waals surface area contributed by atoms with Gasteiger partial charge in [0.05, 0.1) is 7.11 Å². The Balaban J connectivity index is 2.08. The van der Waals surface area contributed by atoms with Crippen LogP contribution in [0.2, 0.25) is 0 Å². The van der Waals surface area contributed by atoms with Crippen LogP contribution in [0.25, 0.3) is 0 Å². The Labute approximate surface area is 158 Å². The number of hydrogen-bond acceptors (Lipinski definition) is 4. The van der Waals surface area contributed by atoms with Crippen LogP contribution in [0, 0.1) is 5.92 Å². The summed E-state index contributed by atoms with van der Waals surface area (Å²) in [5.41, 5.74) is 1.19. The first-order valence-corrected chi connectivity index (χ1v) is 9.57. The van der Waals surface area contributed by atoms with E-state index in [1.54, 1.807) is 43.1 Å². The SMILES string of the molecule is COc1ccc(C(=O)NC(C(=O)Nc2cccc(SC)c2)C(C)C)cc1. The van der Waals surface area contributed by atoms with E-state index in [2.05, 4.69) is 10.6 Å². The maximum absolute atomic E-state index is 12.7. The molecule has 0 bridgehead atoms. The third kappa shape index (κ3) is 5.26. The van der Waals surface area contributed by atoms with E-state index in [1.807, 2.05) is 44.4 Å². The fourth-order valence-electron chi connectivity index (χ4n) is 2.42. The van der Waals surface area contributed by atoms with Crippen molar-refractivity contribution in [1.82, 2.24) is 5.32 Å². The van der Waals surface area contributed by atoms with Gasteiger partial charge in [-0.05, 0) is 54.6 Å². The molecule has 2 aromatic carbocycles. The van der Waals surface area contributed by atoms with Crippen molar-refractivity contribution in [2.75, 3.05) is 18.7 Å². The molecule has 6 heteroatoms. The van der Waals surface area contributed by atoms with Crippen molar-refractivity contribution in [2.24, 2.45) is 5.92 Å². The summed E-state index contributed by atoms with van der Waals surface area (Å²) >= 11 is 1.60. The first-order valence-electron chi connectivity index (χ1n) is 8.34. The van der Waals surface area contributed by atoms with E-state index in [4.69, 9.17) is 4.74 Å². The zero-order valence-corrected chi connectivity index (χ0v) is 16.2. The van der Waals surface area contributed by atoms with Gasteiger partial charge in [-0.2, -0.15) is 0 Å². The van der Waals surface area contributed by atoms with Gasteiger partial charge in [0.15, 0.2) is 0 Å². The van der Waals surface area contributed by atoms with Crippen LogP contribution in [0.15, 0.2) is 53.4 Å². The highest BCUT2D eigenvalue weighted by molar-refractivity contribution is 7.98. The molecule has 26 heavy (non-hydrogen) atoms. The van der Waals surface area contributed by atoms with Crippen LogP contribution < -0.4 is 15.4 Å². The van der Waals surface area contributed by atoms with Crippen LogP contribution in [0.5, 0.6) is 5.75 Å². The minimum absolute atomic E-state index is 0.0547. The first-order chi connectivity index (χ1) is 12.4. The lowest BCUT2D eigenvalue weighted by Crippen LogP contribution is -2.47. The fourth-order valence-corrected chi connectivity index (χ4v) is 2.88. The van der Waals surface area contributed by atoms with Gasteiger partial charge in [-0.25, -0.2) is 0 Å². The number of rotatable bonds is 7. The quantitative estimate of drug-likeness (QED) is 0.725. The molecule has 0 aliphatic heterocycles. The third-order valence-corrected chi connectivity index (χ3v) is 4.65. The molecular formula is C20H24N2O3S. The average Bonchev–Trinajstić information content (AvgIpc) is 2.65. The highest BCUT2D eigenvalue weighted by atomic mass is 32.2. The maximum Gasteiger partial charge on any atom is 0.251 e. The zero-order valence-electron chi connectivity index (χ0n) is 15.4. The second kappa shape index (κ2) is 9.29. The summed E-state index contributed by atoms with van der Waals surface area (Å²) in [5.74, 6) is 0.0915. The van der Waals surface area contributed by atoms with E-state index in [9.17, 15) is 9.59 Å². The molecule has 0 radical (unpaired) electrons. The fraction of sp³-hybridized carbons (Fsp3) is 0.300. The number of nitrogens with one attached hydrogen (secondary N) is 2. The standard InChI is InChI=1S/C20H24N2O3S/c1-13(2)18(20(24)21-15-6-5-7-17(12-15)26-4)22-19(23)14-8-10-16(25-3)11-9-14/h5-13,18H,1-4H3,(H,21,24)(H,22,23). The molecule has 138 valence electrons. The maximum atomic E-state index is 12.7. The third-order valence-electron chi connectivity index (χ3n) is 3.93. The van der Waals surface area contributed by atoms with Gasteiger partial charge in [0, 0.05) is 16.1 Å². The molecule has 1 unspecified atom stereocenters. The van der Waals surface area contributed by atoms with Gasteiger partial charge in [-0.15, -0.1) is 11.8 Å². The molecule has 0 heterocycles. The second-order valence-corrected chi connectivity index (χ2v) is 7.02. The number of ether oxygens (including phenoxy) is 1. The van der Waals surface area contributed by atoms with Crippen molar-refractivity contribution < 1.29 is 14.3 Å². The summed E-state index contributed by atoms with van der Waals surface area (Å²) in [5, 5.41) is 5.71. The van der Waals surface area contributed by atoms with Gasteiger partial charge < -0.3 is 15.4 Å². The van der Waals surface area contributed by atoms with Gasteiger partial charge in [0.25, 0.3) is 5.91 Å². The van der Waals surface area contributed by atoms with Crippen molar-refractivity contribution in [2.45, 2.75) is 24.8 Å². The molecule has 0 aromatic heterocycles. The first kappa shape index (κ1) is 19.8. The largest absolute Gasteiger partial charge is 0.497 e. The van der Waals surface area contributed by atoms with E-state index in [1.165, 1.54) is 0 Å². The van der Waals surface area contributed by atoms with Crippen LogP contribution in [0.4, 0.5) is 5.69 Å². The number of anilines is 1. The molecule has 0 aliphatic carbocycles. The summed E-state index contributed by atoms with van der Waals surface area (Å²) in [6.45, 7) is 3.80. The van der Waals surface area contributed by atoms with Crippen molar-refractivity contribution in [3.8, 4) is 5.75 Å². The summed E-state index contributed by atoms with van der Waals surface area (Å²) in [7, 11) is 1.57. The Morgan fingerprint density at radius 3 is 2.35 bits per heavy atom. The minimum Gasteiger partial charge on any atom is -0.497 e. The van der Waals surface area contributed by atoms with Gasteiger partial charge in [-0.3, -0.25) is 9.59 Å². The van der Waals surface area contributed by atoms with Crippen molar-refractivity contribution in [3.05, 3.63) is 54.1 Å². The summed E-state index contributed by atoms with van der Waals surface area (Å²) in [6, 6.07) is 13.7. The van der Waals surface area contributed by atoms with E-state index in [0.29, 0.717) is 17.0 Å². The number of carbonyl (C=O) groups excluding carboxylic acids is 2. The van der Waals surface area contributed by atoms with E-state index in [0.717, 1.165) is 4.90 Å². The van der Waals surface area contributed by atoms with Crippen molar-refractivity contribution >= 4 is 29.3 Å². The highest BCUT2D eigenvalue weighted by Gasteiger charge is 2.24. The molecule has 2 N–H and O–H groups in total. The van der Waals surface area contributed by atoms with Crippen molar-refractivity contribution in [1.29, 1.82) is 0 Å². The Kier molecular flexibility index (Phi) is 7.09. The van der Waals surface area contributed by atoms with Gasteiger partial charge in [-0.1, -0.05) is 19.9 Å². The second-order valence-electron chi connectivity index (χ2n) is 6.14. The number of methoxy groups -OCH3 is 1. The smallest absolute Gasteiger partial charge is 0.251 e. The molecule has 2 aromatic rings. The molecular weight excluding hydrogens is 348 g/mol. The summed E-state index contributed by atoms with van der Waals surface area (Å²) in [6.07, 6.45) is 1.98. The molecule has 0 aliphatic rings. The molecule has 0 saturated heterocycles. The Morgan fingerprint density at radius 1 is 1.08 bits per heavy atom. The normalized spacial score (nSPS) is 11.7. The van der Waals surface area contributed by atoms with Crippen molar-refractivity contribution in [3.63, 3.8) is 0 Å². The topological polar surface area (TPSA) is 67.4 Å². The van der Waals surface area contributed by atoms with Gasteiger partial charge >= 0.3 is 0 Å². The summed E-state index contributed by atoms with van der Waals surface area (Å²) < 4.78 is 5.09. The van der Waals surface area contributed by atoms with Crippen LogP contribution in [0.1, 0.15) is 24.2 Å². The number of thioether (sulfide) groups is 1. The number of benzene rings is 2. The Morgan fingerprint density at radius 2 is 1.77 bits per heavy atom. The number of amides is 2. The van der Waals surface area contributed by atoms with E-state index in [-0.39, 0.29) is 17.7 Å². The number of hydrogen-bond donors (Lipinski definition) is 2. The highest BCUT2D eigenvalue weighted by Crippen LogP contribution is 2.19. The molecule has 1 atom stereocenters. The van der Waals surface area contributed by atoms with Crippen LogP contribution >= 0.6 is 11.8 Å². The summed E-state index contributed by atoms with van der Waals surface area (Å²) in [4.78, 5) is 26.2. The molecule has 0 saturated carbocycles. The van der Waals surface area contributed by atoms with Crippen LogP contribution in [0.3, 0.4) is 0 Å².